The lowest BCUT2D eigenvalue weighted by Gasteiger charge is -2.42. The van der Waals surface area contributed by atoms with Crippen molar-refractivity contribution in [1.29, 1.82) is 0 Å². The highest BCUT2D eigenvalue weighted by molar-refractivity contribution is 7.96. The number of aliphatic hydroxyl groups excluding tert-OH is 1. The number of carbonyl (C=O) groups is 1. The Morgan fingerprint density at radius 3 is 1.57 bits per heavy atom. The fourth-order valence-corrected chi connectivity index (χ4v) is 3.15. The molecule has 21 heteroatoms. The first kappa shape index (κ1) is 31.7. The molecular weight excluding hydrogens is 562 g/mol. The van der Waals surface area contributed by atoms with E-state index in [4.69, 9.17) is 5.26 Å². The highest BCUT2D eigenvalue weighted by atomic mass is 32.2. The fraction of sp³-hybridized carbons (Fsp3) is 0.929. The van der Waals surface area contributed by atoms with Crippen molar-refractivity contribution in [3.8, 4) is 0 Å². The van der Waals surface area contributed by atoms with Crippen LogP contribution < -0.4 is 0 Å². The van der Waals surface area contributed by atoms with Gasteiger partial charge in [-0.2, -0.15) is 57.1 Å². The van der Waals surface area contributed by atoms with E-state index in [-0.39, 0.29) is 19.3 Å². The Hall–Kier alpha value is -1.32. The van der Waals surface area contributed by atoms with Gasteiger partial charge in [0.1, 0.15) is 6.10 Å². The average Bonchev–Trinajstić information content (AvgIpc) is 2.71. The molecule has 0 spiro atoms. The predicted molar refractivity (Wildman–Crippen MR) is 81.4 cm³/mol. The van der Waals surface area contributed by atoms with Crippen LogP contribution in [0.4, 0.5) is 61.5 Å². The molecule has 0 aromatic heterocycles. The molecule has 1 aliphatic carbocycles. The van der Waals surface area contributed by atoms with Crippen molar-refractivity contribution >= 4 is 18.0 Å². The van der Waals surface area contributed by atoms with Gasteiger partial charge in [-0.15, -0.1) is 4.33 Å². The second kappa shape index (κ2) is 9.86. The fourth-order valence-electron chi connectivity index (χ4n) is 2.68. The minimum atomic E-state index is -8.41. The second-order valence-corrected chi connectivity index (χ2v) is 7.85. The van der Waals surface area contributed by atoms with E-state index in [1.54, 1.807) is 0 Å². The largest absolute Gasteiger partial charge is 0.460 e. The monoisotopic (exact) mass is 574 g/mol. The van der Waals surface area contributed by atoms with E-state index in [0.29, 0.717) is 0 Å². The van der Waals surface area contributed by atoms with E-state index in [2.05, 4.69) is 14.1 Å². The number of hydrogen-bond donors (Lipinski definition) is 2. The molecule has 1 rings (SSSR count). The molecule has 0 aliphatic heterocycles. The molecule has 35 heavy (non-hydrogen) atoms. The first-order valence-electron chi connectivity index (χ1n) is 8.67. The zero-order valence-electron chi connectivity index (χ0n) is 16.2. The molecule has 0 aromatic carbocycles. The van der Waals surface area contributed by atoms with E-state index in [0.717, 1.165) is 0 Å². The van der Waals surface area contributed by atoms with Crippen LogP contribution in [0.3, 0.4) is 0 Å². The van der Waals surface area contributed by atoms with Crippen molar-refractivity contribution < 1.29 is 90.7 Å². The number of ether oxygens (including phenoxy) is 1. The van der Waals surface area contributed by atoms with Crippen LogP contribution in [0.2, 0.25) is 0 Å². The van der Waals surface area contributed by atoms with Crippen molar-refractivity contribution in [3.63, 3.8) is 0 Å². The molecule has 0 aromatic rings. The van der Waals surface area contributed by atoms with Crippen LogP contribution in [-0.2, 0) is 18.9 Å². The van der Waals surface area contributed by atoms with Crippen molar-refractivity contribution in [3.05, 3.63) is 0 Å². The average molecular weight is 574 g/mol. The van der Waals surface area contributed by atoms with Gasteiger partial charge in [0.05, 0.1) is 18.1 Å². The summed E-state index contributed by atoms with van der Waals surface area (Å²) in [6, 6.07) is 0. The third-order valence-electron chi connectivity index (χ3n) is 4.71. The third-order valence-corrected chi connectivity index (χ3v) is 5.49. The van der Waals surface area contributed by atoms with Gasteiger partial charge in [0, 0.05) is 0 Å². The lowest BCUT2D eigenvalue weighted by Crippen LogP contribution is -2.73. The minimum Gasteiger partial charge on any atom is -0.456 e. The Labute approximate surface area is 188 Å². The van der Waals surface area contributed by atoms with Crippen LogP contribution in [0, 0.1) is 0 Å². The third kappa shape index (κ3) is 4.97. The molecule has 6 nitrogen and oxygen atoms in total. The zero-order chi connectivity index (χ0) is 27.9. The molecule has 208 valence electrons. The van der Waals surface area contributed by atoms with Gasteiger partial charge in [-0.3, -0.25) is 0 Å². The summed E-state index contributed by atoms with van der Waals surface area (Å²) in [4.78, 5) is 11.9. The number of aliphatic hydroxyl groups is 1. The van der Waals surface area contributed by atoms with Crippen molar-refractivity contribution in [2.75, 3.05) is 0 Å². The van der Waals surface area contributed by atoms with Crippen LogP contribution in [0.1, 0.15) is 25.7 Å². The summed E-state index contributed by atoms with van der Waals surface area (Å²) in [5.74, 6) is -44.1. The second-order valence-electron chi connectivity index (χ2n) is 6.99. The molecule has 1 aliphatic rings. The summed E-state index contributed by atoms with van der Waals surface area (Å²) in [6.07, 6.45) is -11.9. The number of halogens is 14. The van der Waals surface area contributed by atoms with Gasteiger partial charge in [0.25, 0.3) is 0 Å². The standard InChI is InChI=1S/C14H12F14O6S/c15-8(35-34-33-31,7(30)32-6-4-2-1-3-5(6)29)9(16,17)10(18,19)11(20,21)12(22,23)13(24,25)14(26,27)28/h5-6,29,31H,1-4H2. The van der Waals surface area contributed by atoms with E-state index in [9.17, 15) is 71.4 Å². The normalized spacial score (nSPS) is 23.1. The Morgan fingerprint density at radius 2 is 1.14 bits per heavy atom. The number of alkyl halides is 14. The van der Waals surface area contributed by atoms with E-state index in [1.807, 2.05) is 0 Å². The zero-order valence-corrected chi connectivity index (χ0v) is 17.0. The molecule has 3 unspecified atom stereocenters. The van der Waals surface area contributed by atoms with Gasteiger partial charge in [-0.25, -0.2) is 14.4 Å². The maximum atomic E-state index is 14.8. The molecule has 0 amide bonds. The summed E-state index contributed by atoms with van der Waals surface area (Å²) in [6.45, 7) is 0. The molecule has 1 fully saturated rings. The van der Waals surface area contributed by atoms with Crippen LogP contribution in [0.25, 0.3) is 0 Å². The maximum Gasteiger partial charge on any atom is 0.460 e. The summed E-state index contributed by atoms with van der Waals surface area (Å²) in [5, 5.41) is 13.8. The topological polar surface area (TPSA) is 85.2 Å². The Balaban J connectivity index is 3.58. The number of rotatable bonds is 10. The highest BCUT2D eigenvalue weighted by Crippen LogP contribution is 2.63. The molecule has 1 saturated carbocycles. The SMILES string of the molecule is O=C(OC1CCCCC1O)C(F)(SOOO)C(F)(F)C(F)(F)C(F)(F)C(F)(F)C(F)(F)C(F)(F)F. The molecule has 0 heterocycles. The summed E-state index contributed by atoms with van der Waals surface area (Å²) in [7, 11) is 0. The van der Waals surface area contributed by atoms with Gasteiger partial charge in [0.15, 0.2) is 0 Å². The number of hydrogen-bond acceptors (Lipinski definition) is 7. The van der Waals surface area contributed by atoms with Crippen molar-refractivity contribution in [2.24, 2.45) is 0 Å². The first-order chi connectivity index (χ1) is 15.5. The smallest absolute Gasteiger partial charge is 0.456 e. The lowest BCUT2D eigenvalue weighted by molar-refractivity contribution is -0.446. The van der Waals surface area contributed by atoms with Crippen LogP contribution >= 0.6 is 12.0 Å². The Kier molecular flexibility index (Phi) is 8.93. The van der Waals surface area contributed by atoms with Gasteiger partial charge in [-0.1, -0.05) is 11.5 Å². The molecule has 2 N–H and O–H groups in total. The quantitative estimate of drug-likeness (QED) is 0.120. The number of esters is 1. The molecular formula is C14H12F14O6S. The maximum absolute atomic E-state index is 14.8. The van der Waals surface area contributed by atoms with Gasteiger partial charge < -0.3 is 9.84 Å². The molecule has 0 radical (unpaired) electrons. The number of carbonyl (C=O) groups excluding carboxylic acids is 1. The Bertz CT molecular complexity index is 762. The lowest BCUT2D eigenvalue weighted by atomic mass is 9.91. The summed E-state index contributed by atoms with van der Waals surface area (Å²) in [5.41, 5.74) is 0. The molecule has 0 bridgehead atoms. The molecule has 3 atom stereocenters. The van der Waals surface area contributed by atoms with Crippen LogP contribution in [0.5, 0.6) is 0 Å². The van der Waals surface area contributed by atoms with Gasteiger partial charge >= 0.3 is 46.8 Å². The van der Waals surface area contributed by atoms with Gasteiger partial charge in [-0.05, 0) is 19.3 Å². The van der Waals surface area contributed by atoms with E-state index >= 15 is 0 Å². The van der Waals surface area contributed by atoms with Crippen LogP contribution in [-0.4, -0.2) is 69.3 Å². The summed E-state index contributed by atoms with van der Waals surface area (Å²) >= 11 is -2.12. The Morgan fingerprint density at radius 1 is 0.714 bits per heavy atom. The minimum absolute atomic E-state index is 0.0427. The highest BCUT2D eigenvalue weighted by Gasteiger charge is 2.94. The van der Waals surface area contributed by atoms with Crippen LogP contribution in [0.15, 0.2) is 0 Å². The van der Waals surface area contributed by atoms with Crippen molar-refractivity contribution in [2.45, 2.75) is 78.7 Å². The molecule has 0 saturated heterocycles. The van der Waals surface area contributed by atoms with E-state index in [1.165, 1.54) is 0 Å². The predicted octanol–water partition coefficient (Wildman–Crippen LogP) is 5.31. The van der Waals surface area contributed by atoms with E-state index < -0.39 is 77.4 Å². The van der Waals surface area contributed by atoms with Crippen molar-refractivity contribution in [1.82, 2.24) is 0 Å². The summed E-state index contributed by atoms with van der Waals surface area (Å²) < 4.78 is 195. The van der Waals surface area contributed by atoms with Gasteiger partial charge in [0.2, 0.25) is 0 Å². The first-order valence-corrected chi connectivity index (χ1v) is 9.41.